The van der Waals surface area contributed by atoms with Crippen molar-refractivity contribution in [3.63, 3.8) is 0 Å². The number of halogens is 2. The first kappa shape index (κ1) is 19.6. The molecule has 0 radical (unpaired) electrons. The topological polar surface area (TPSA) is 75.5 Å². The van der Waals surface area contributed by atoms with Gasteiger partial charge >= 0.3 is 0 Å². The molecule has 0 unspecified atom stereocenters. The molecule has 0 saturated carbocycles. The summed E-state index contributed by atoms with van der Waals surface area (Å²) in [6.45, 7) is 2.04. The number of benzene rings is 2. The summed E-state index contributed by atoms with van der Waals surface area (Å²) in [7, 11) is 0. The lowest BCUT2D eigenvalue weighted by Gasteiger charge is -2.32. The van der Waals surface area contributed by atoms with Crippen molar-refractivity contribution in [1.82, 2.24) is 10.2 Å². The van der Waals surface area contributed by atoms with E-state index in [2.05, 4.69) is 10.2 Å². The van der Waals surface area contributed by atoms with Crippen molar-refractivity contribution in [3.8, 4) is 0 Å². The molecule has 1 fully saturated rings. The molecule has 1 amide bonds. The zero-order chi connectivity index (χ0) is 19.4. The van der Waals surface area contributed by atoms with Gasteiger partial charge in [0, 0.05) is 42.3 Å². The summed E-state index contributed by atoms with van der Waals surface area (Å²) in [4.78, 5) is 25.4. The Kier molecular flexibility index (Phi) is 6.31. The van der Waals surface area contributed by atoms with Gasteiger partial charge in [0.15, 0.2) is 0 Å². The molecule has 1 aliphatic rings. The van der Waals surface area contributed by atoms with Crippen molar-refractivity contribution in [2.45, 2.75) is 25.4 Å². The lowest BCUT2D eigenvalue weighted by Crippen LogP contribution is -2.44. The van der Waals surface area contributed by atoms with E-state index in [0.717, 1.165) is 25.9 Å². The Bertz CT molecular complexity index is 852. The number of nitrogens with one attached hydrogen (secondary N) is 1. The maximum atomic E-state index is 12.4. The quantitative estimate of drug-likeness (QED) is 0.592. The molecule has 0 aliphatic carbocycles. The second-order valence-corrected chi connectivity index (χ2v) is 7.38. The van der Waals surface area contributed by atoms with E-state index in [0.29, 0.717) is 27.7 Å². The van der Waals surface area contributed by atoms with Crippen LogP contribution in [0.3, 0.4) is 0 Å². The largest absolute Gasteiger partial charge is 0.349 e. The van der Waals surface area contributed by atoms with Crippen LogP contribution in [-0.4, -0.2) is 34.9 Å². The van der Waals surface area contributed by atoms with E-state index in [1.54, 1.807) is 30.3 Å². The number of carbonyl (C=O) groups is 1. The Labute approximate surface area is 167 Å². The van der Waals surface area contributed by atoms with E-state index < -0.39 is 0 Å². The number of piperidine rings is 1. The van der Waals surface area contributed by atoms with Crippen LogP contribution in [-0.2, 0) is 6.54 Å². The smallest absolute Gasteiger partial charge is 0.273 e. The molecule has 27 heavy (non-hydrogen) atoms. The molecule has 2 aromatic rings. The summed E-state index contributed by atoms with van der Waals surface area (Å²) in [6.07, 6.45) is 1.55. The molecule has 1 saturated heterocycles. The predicted octanol–water partition coefficient (Wildman–Crippen LogP) is 4.30. The number of hydrogen-bond acceptors (Lipinski definition) is 4. The number of carbonyl (C=O) groups excluding carboxylic acids is 1. The van der Waals surface area contributed by atoms with Crippen LogP contribution in [0.4, 0.5) is 5.69 Å². The molecular weight excluding hydrogens is 389 g/mol. The fraction of sp³-hybridized carbons (Fsp3) is 0.316. The van der Waals surface area contributed by atoms with Crippen molar-refractivity contribution in [3.05, 3.63) is 73.8 Å². The third-order valence-corrected chi connectivity index (χ3v) is 5.23. The van der Waals surface area contributed by atoms with Gasteiger partial charge in [-0.15, -0.1) is 0 Å². The number of nitrogens with zero attached hydrogens (tertiary/aromatic N) is 2. The Balaban J connectivity index is 1.55. The number of nitro groups is 1. The first-order chi connectivity index (χ1) is 12.9. The van der Waals surface area contributed by atoms with Crippen LogP contribution >= 0.6 is 23.2 Å². The Morgan fingerprint density at radius 3 is 2.56 bits per heavy atom. The van der Waals surface area contributed by atoms with Crippen LogP contribution < -0.4 is 5.32 Å². The number of hydrogen-bond donors (Lipinski definition) is 1. The molecule has 1 heterocycles. The van der Waals surface area contributed by atoms with Crippen molar-refractivity contribution in [1.29, 1.82) is 0 Å². The summed E-state index contributed by atoms with van der Waals surface area (Å²) in [5, 5.41) is 15.0. The summed E-state index contributed by atoms with van der Waals surface area (Å²) < 4.78 is 0. The van der Waals surface area contributed by atoms with Crippen LogP contribution in [0.25, 0.3) is 0 Å². The van der Waals surface area contributed by atoms with E-state index in [1.165, 1.54) is 6.07 Å². The van der Waals surface area contributed by atoms with Crippen LogP contribution in [0.1, 0.15) is 28.8 Å². The van der Waals surface area contributed by atoms with Gasteiger partial charge in [-0.1, -0.05) is 41.4 Å². The van der Waals surface area contributed by atoms with E-state index >= 15 is 0 Å². The minimum atomic E-state index is -0.349. The highest BCUT2D eigenvalue weighted by Crippen LogP contribution is 2.23. The zero-order valence-electron chi connectivity index (χ0n) is 14.5. The first-order valence-corrected chi connectivity index (χ1v) is 9.40. The Hall–Kier alpha value is -2.15. The Morgan fingerprint density at radius 2 is 1.89 bits per heavy atom. The van der Waals surface area contributed by atoms with Gasteiger partial charge in [0.05, 0.1) is 15.5 Å². The summed E-state index contributed by atoms with van der Waals surface area (Å²) in [5.74, 6) is -0.214. The maximum Gasteiger partial charge on any atom is 0.273 e. The van der Waals surface area contributed by atoms with E-state index in [1.807, 2.05) is 6.07 Å². The van der Waals surface area contributed by atoms with E-state index in [9.17, 15) is 14.9 Å². The molecule has 0 atom stereocenters. The molecule has 142 valence electrons. The SMILES string of the molecule is O=C(NC1CCN(Cc2ccccc2[N+](=O)[O-])CC1)c1ccc(Cl)cc1Cl. The minimum Gasteiger partial charge on any atom is -0.349 e. The fourth-order valence-corrected chi connectivity index (χ4v) is 3.73. The van der Waals surface area contributed by atoms with Gasteiger partial charge in [-0.3, -0.25) is 19.8 Å². The molecule has 1 N–H and O–H groups in total. The lowest BCUT2D eigenvalue weighted by atomic mass is 10.0. The highest BCUT2D eigenvalue weighted by atomic mass is 35.5. The fourth-order valence-electron chi connectivity index (χ4n) is 3.24. The third kappa shape index (κ3) is 4.97. The average molecular weight is 408 g/mol. The second kappa shape index (κ2) is 8.69. The summed E-state index contributed by atoms with van der Waals surface area (Å²) in [5.41, 5.74) is 1.26. The standard InChI is InChI=1S/C19H19Cl2N3O3/c20-14-5-6-16(17(21)11-14)19(25)22-15-7-9-23(10-8-15)12-13-3-1-2-4-18(13)24(26)27/h1-6,11,15H,7-10,12H2,(H,22,25). The van der Waals surface area contributed by atoms with Gasteiger partial charge in [-0.05, 0) is 31.0 Å². The normalized spacial score (nSPS) is 15.5. The molecule has 8 heteroatoms. The summed E-state index contributed by atoms with van der Waals surface area (Å²) >= 11 is 12.0. The van der Waals surface area contributed by atoms with Crippen LogP contribution in [0.2, 0.25) is 10.0 Å². The van der Waals surface area contributed by atoms with Crippen LogP contribution in [0.15, 0.2) is 42.5 Å². The molecule has 3 rings (SSSR count). The molecule has 0 spiro atoms. The molecule has 2 aromatic carbocycles. The molecule has 0 aromatic heterocycles. The van der Waals surface area contributed by atoms with Crippen molar-refractivity contribution >= 4 is 34.8 Å². The van der Waals surface area contributed by atoms with Gasteiger partial charge in [-0.25, -0.2) is 0 Å². The zero-order valence-corrected chi connectivity index (χ0v) is 16.0. The predicted molar refractivity (Wildman–Crippen MR) is 105 cm³/mol. The number of nitro benzene ring substituents is 1. The van der Waals surface area contributed by atoms with Gasteiger partial charge in [0.1, 0.15) is 0 Å². The minimum absolute atomic E-state index is 0.0475. The number of amides is 1. The second-order valence-electron chi connectivity index (χ2n) is 6.53. The number of para-hydroxylation sites is 1. The number of likely N-dealkylation sites (tertiary alicyclic amines) is 1. The first-order valence-electron chi connectivity index (χ1n) is 8.64. The van der Waals surface area contributed by atoms with Gasteiger partial charge < -0.3 is 5.32 Å². The van der Waals surface area contributed by atoms with Crippen molar-refractivity contribution < 1.29 is 9.72 Å². The molecular formula is C19H19Cl2N3O3. The maximum absolute atomic E-state index is 12.4. The van der Waals surface area contributed by atoms with Crippen molar-refractivity contribution in [2.75, 3.05) is 13.1 Å². The molecule has 6 nitrogen and oxygen atoms in total. The lowest BCUT2D eigenvalue weighted by molar-refractivity contribution is -0.385. The number of rotatable bonds is 5. The van der Waals surface area contributed by atoms with Crippen molar-refractivity contribution in [2.24, 2.45) is 0 Å². The highest BCUT2D eigenvalue weighted by molar-refractivity contribution is 6.36. The third-order valence-electron chi connectivity index (χ3n) is 4.68. The van der Waals surface area contributed by atoms with Crippen LogP contribution in [0, 0.1) is 10.1 Å². The average Bonchev–Trinajstić information content (AvgIpc) is 2.63. The van der Waals surface area contributed by atoms with Gasteiger partial charge in [0.2, 0.25) is 0 Å². The van der Waals surface area contributed by atoms with Gasteiger partial charge in [0.25, 0.3) is 11.6 Å². The van der Waals surface area contributed by atoms with Crippen LogP contribution in [0.5, 0.6) is 0 Å². The summed E-state index contributed by atoms with van der Waals surface area (Å²) in [6, 6.07) is 11.6. The van der Waals surface area contributed by atoms with E-state index in [-0.39, 0.29) is 22.6 Å². The highest BCUT2D eigenvalue weighted by Gasteiger charge is 2.23. The molecule has 0 bridgehead atoms. The molecule has 1 aliphatic heterocycles. The monoisotopic (exact) mass is 407 g/mol. The van der Waals surface area contributed by atoms with Gasteiger partial charge in [-0.2, -0.15) is 0 Å². The van der Waals surface area contributed by atoms with E-state index in [4.69, 9.17) is 23.2 Å². The Morgan fingerprint density at radius 1 is 1.19 bits per heavy atom.